The highest BCUT2D eigenvalue weighted by Gasteiger charge is 2.54. The Morgan fingerprint density at radius 2 is 1.88 bits per heavy atom. The molecule has 0 fully saturated rings. The van der Waals surface area contributed by atoms with Crippen LogP contribution in [0.5, 0.6) is 0 Å². The third kappa shape index (κ3) is 1.82. The number of anilines is 2. The van der Waals surface area contributed by atoms with Gasteiger partial charge in [-0.05, 0) is 29.8 Å². The zero-order valence-corrected chi connectivity index (χ0v) is 13.5. The molecule has 0 bridgehead atoms. The van der Waals surface area contributed by atoms with Crippen molar-refractivity contribution in [2.24, 2.45) is 0 Å². The van der Waals surface area contributed by atoms with Crippen LogP contribution in [0.2, 0.25) is 0 Å². The number of amides is 2. The SMILES string of the molecule is O=C1C[C@]2(C(=O)Nc3ccccc32)c2cnn(-c3cccc(F)c3)c2N1. The van der Waals surface area contributed by atoms with E-state index in [0.717, 1.165) is 5.56 Å². The lowest BCUT2D eigenvalue weighted by atomic mass is 9.72. The molecule has 1 aromatic heterocycles. The summed E-state index contributed by atoms with van der Waals surface area (Å²) in [4.78, 5) is 25.4. The molecular weight excluding hydrogens is 335 g/mol. The third-order valence-corrected chi connectivity index (χ3v) is 4.99. The number of fused-ring (bicyclic) bond motifs is 4. The van der Waals surface area contributed by atoms with Crippen molar-refractivity contribution >= 4 is 23.3 Å². The fraction of sp³-hybridized carbons (Fsp3) is 0.105. The normalized spacial score (nSPS) is 20.5. The Hall–Kier alpha value is -3.48. The molecule has 2 aromatic carbocycles. The number of carbonyl (C=O) groups is 2. The average molecular weight is 348 g/mol. The lowest BCUT2D eigenvalue weighted by Crippen LogP contribution is -2.43. The van der Waals surface area contributed by atoms with Crippen molar-refractivity contribution in [2.75, 3.05) is 10.6 Å². The minimum atomic E-state index is -1.13. The molecule has 2 aliphatic heterocycles. The van der Waals surface area contributed by atoms with Crippen LogP contribution in [0.3, 0.4) is 0 Å². The molecule has 1 atom stereocenters. The Morgan fingerprint density at radius 3 is 2.73 bits per heavy atom. The summed E-state index contributed by atoms with van der Waals surface area (Å²) in [6, 6.07) is 13.2. The van der Waals surface area contributed by atoms with E-state index in [2.05, 4.69) is 15.7 Å². The molecule has 6 nitrogen and oxygen atoms in total. The Balaban J connectivity index is 1.77. The van der Waals surface area contributed by atoms with Crippen LogP contribution in [0, 0.1) is 5.82 Å². The number of benzene rings is 2. The molecule has 7 heteroatoms. The van der Waals surface area contributed by atoms with Crippen molar-refractivity contribution in [2.45, 2.75) is 11.8 Å². The van der Waals surface area contributed by atoms with Gasteiger partial charge in [0.05, 0.1) is 11.9 Å². The Bertz CT molecular complexity index is 1090. The highest BCUT2D eigenvalue weighted by molar-refractivity contribution is 6.14. The second kappa shape index (κ2) is 5.01. The van der Waals surface area contributed by atoms with Gasteiger partial charge in [0.15, 0.2) is 0 Å². The van der Waals surface area contributed by atoms with Gasteiger partial charge in [0, 0.05) is 17.7 Å². The maximum atomic E-state index is 13.6. The molecule has 2 amide bonds. The second-order valence-electron chi connectivity index (χ2n) is 6.43. The molecule has 0 radical (unpaired) electrons. The van der Waals surface area contributed by atoms with Gasteiger partial charge in [-0.2, -0.15) is 5.10 Å². The van der Waals surface area contributed by atoms with Gasteiger partial charge in [0.25, 0.3) is 0 Å². The van der Waals surface area contributed by atoms with Crippen molar-refractivity contribution in [3.63, 3.8) is 0 Å². The number of carbonyl (C=O) groups excluding carboxylic acids is 2. The number of aromatic nitrogens is 2. The van der Waals surface area contributed by atoms with E-state index in [1.54, 1.807) is 18.3 Å². The highest BCUT2D eigenvalue weighted by Crippen LogP contribution is 2.49. The van der Waals surface area contributed by atoms with Crippen molar-refractivity contribution in [1.82, 2.24) is 9.78 Å². The van der Waals surface area contributed by atoms with Gasteiger partial charge in [-0.1, -0.05) is 24.3 Å². The molecule has 2 N–H and O–H groups in total. The Morgan fingerprint density at radius 1 is 1.04 bits per heavy atom. The molecule has 2 aliphatic rings. The fourth-order valence-corrected chi connectivity index (χ4v) is 3.86. The van der Waals surface area contributed by atoms with Crippen LogP contribution in [0.15, 0.2) is 54.7 Å². The number of hydrogen-bond acceptors (Lipinski definition) is 3. The van der Waals surface area contributed by atoms with E-state index >= 15 is 0 Å². The zero-order chi connectivity index (χ0) is 17.9. The molecule has 1 spiro atoms. The molecule has 3 aromatic rings. The number of rotatable bonds is 1. The molecule has 128 valence electrons. The number of para-hydroxylation sites is 1. The summed E-state index contributed by atoms with van der Waals surface area (Å²) in [5.41, 5.74) is 1.38. The second-order valence-corrected chi connectivity index (χ2v) is 6.43. The smallest absolute Gasteiger partial charge is 0.240 e. The average Bonchev–Trinajstić information content (AvgIpc) is 3.16. The van der Waals surface area contributed by atoms with Crippen molar-refractivity contribution in [3.05, 3.63) is 71.7 Å². The number of hydrogen-bond donors (Lipinski definition) is 2. The van der Waals surface area contributed by atoms with Crippen molar-refractivity contribution in [1.29, 1.82) is 0 Å². The minimum Gasteiger partial charge on any atom is -0.325 e. The summed E-state index contributed by atoms with van der Waals surface area (Å²) in [5.74, 6) is -0.567. The quantitative estimate of drug-likeness (QED) is 0.710. The molecular formula is C19H13FN4O2. The van der Waals surface area contributed by atoms with E-state index in [0.29, 0.717) is 22.8 Å². The topological polar surface area (TPSA) is 76.0 Å². The minimum absolute atomic E-state index is 0.00229. The largest absolute Gasteiger partial charge is 0.325 e. The first-order chi connectivity index (χ1) is 12.6. The van der Waals surface area contributed by atoms with Gasteiger partial charge in [-0.15, -0.1) is 0 Å². The van der Waals surface area contributed by atoms with Crippen LogP contribution in [-0.4, -0.2) is 21.6 Å². The standard InChI is InChI=1S/C19H13FN4O2/c20-11-4-3-5-12(8-11)24-17-14(10-21-24)19(9-16(25)23-17)13-6-1-2-7-15(13)22-18(19)26/h1-8,10H,9H2,(H,22,26)(H,23,25)/t19-/m1/s1. The summed E-state index contributed by atoms with van der Waals surface area (Å²) in [6.07, 6.45) is 1.57. The lowest BCUT2D eigenvalue weighted by molar-refractivity contribution is -0.125. The Labute approximate surface area is 147 Å². The van der Waals surface area contributed by atoms with Crippen LogP contribution < -0.4 is 10.6 Å². The van der Waals surface area contributed by atoms with Gasteiger partial charge in [-0.25, -0.2) is 9.07 Å². The van der Waals surface area contributed by atoms with Crippen LogP contribution in [0.25, 0.3) is 5.69 Å². The summed E-state index contributed by atoms with van der Waals surface area (Å²) < 4.78 is 15.1. The number of nitrogens with one attached hydrogen (secondary N) is 2. The van der Waals surface area contributed by atoms with E-state index in [4.69, 9.17) is 0 Å². The van der Waals surface area contributed by atoms with E-state index in [1.165, 1.54) is 16.8 Å². The van der Waals surface area contributed by atoms with Crippen LogP contribution in [0.4, 0.5) is 15.9 Å². The third-order valence-electron chi connectivity index (χ3n) is 4.99. The maximum absolute atomic E-state index is 13.6. The fourth-order valence-electron chi connectivity index (χ4n) is 3.86. The number of halogens is 1. The van der Waals surface area contributed by atoms with Gasteiger partial charge >= 0.3 is 0 Å². The van der Waals surface area contributed by atoms with Crippen molar-refractivity contribution < 1.29 is 14.0 Å². The molecule has 0 unspecified atom stereocenters. The maximum Gasteiger partial charge on any atom is 0.240 e. The summed E-state index contributed by atoms with van der Waals surface area (Å²) in [5, 5.41) is 9.97. The molecule has 3 heterocycles. The predicted octanol–water partition coefficient (Wildman–Crippen LogP) is 2.59. The molecule has 5 rings (SSSR count). The predicted molar refractivity (Wildman–Crippen MR) is 92.6 cm³/mol. The van der Waals surface area contributed by atoms with Crippen LogP contribution in [-0.2, 0) is 15.0 Å². The molecule has 26 heavy (non-hydrogen) atoms. The zero-order valence-electron chi connectivity index (χ0n) is 13.5. The van der Waals surface area contributed by atoms with Gasteiger partial charge in [-0.3, -0.25) is 9.59 Å². The van der Waals surface area contributed by atoms with E-state index in [9.17, 15) is 14.0 Å². The van der Waals surface area contributed by atoms with Gasteiger partial charge in [0.1, 0.15) is 17.1 Å². The summed E-state index contributed by atoms with van der Waals surface area (Å²) >= 11 is 0. The number of nitrogens with zero attached hydrogens (tertiary/aromatic N) is 2. The monoisotopic (exact) mass is 348 g/mol. The van der Waals surface area contributed by atoms with E-state index in [1.807, 2.05) is 24.3 Å². The highest BCUT2D eigenvalue weighted by atomic mass is 19.1. The molecule has 0 saturated heterocycles. The first-order valence-electron chi connectivity index (χ1n) is 8.15. The molecule has 0 saturated carbocycles. The summed E-state index contributed by atoms with van der Waals surface area (Å²) in [7, 11) is 0. The van der Waals surface area contributed by atoms with E-state index < -0.39 is 11.2 Å². The molecule has 0 aliphatic carbocycles. The van der Waals surface area contributed by atoms with E-state index in [-0.39, 0.29) is 18.2 Å². The van der Waals surface area contributed by atoms with Gasteiger partial charge in [0.2, 0.25) is 11.8 Å². The van der Waals surface area contributed by atoms with Crippen LogP contribution >= 0.6 is 0 Å². The Kier molecular flexibility index (Phi) is 2.86. The van der Waals surface area contributed by atoms with Crippen LogP contribution in [0.1, 0.15) is 17.5 Å². The first kappa shape index (κ1) is 14.8. The lowest BCUT2D eigenvalue weighted by Gasteiger charge is -2.31. The van der Waals surface area contributed by atoms with Gasteiger partial charge < -0.3 is 10.6 Å². The first-order valence-corrected chi connectivity index (χ1v) is 8.15. The van der Waals surface area contributed by atoms with Crippen molar-refractivity contribution in [3.8, 4) is 5.69 Å². The summed E-state index contributed by atoms with van der Waals surface area (Å²) in [6.45, 7) is 0.